The molecule has 98 valence electrons. The summed E-state index contributed by atoms with van der Waals surface area (Å²) in [6.45, 7) is 2.45. The molecule has 18 heavy (non-hydrogen) atoms. The molecule has 1 fully saturated rings. The summed E-state index contributed by atoms with van der Waals surface area (Å²) in [6, 6.07) is 3.82. The van der Waals surface area contributed by atoms with Gasteiger partial charge in [-0.15, -0.1) is 11.3 Å². The molecule has 0 atom stereocenters. The zero-order valence-corrected chi connectivity index (χ0v) is 10.9. The van der Waals surface area contributed by atoms with Crippen molar-refractivity contribution in [1.82, 2.24) is 10.2 Å². The van der Waals surface area contributed by atoms with E-state index in [1.807, 2.05) is 17.5 Å². The van der Waals surface area contributed by atoms with Crippen molar-refractivity contribution in [2.45, 2.75) is 6.42 Å². The molecule has 2 rings (SSSR count). The maximum absolute atomic E-state index is 11.8. The quantitative estimate of drug-likeness (QED) is 0.852. The predicted octanol–water partition coefficient (Wildman–Crippen LogP) is 0.266. The molecule has 1 saturated heterocycles. The minimum Gasteiger partial charge on any atom is -0.378 e. The first kappa shape index (κ1) is 13.0. The smallest absolute Gasteiger partial charge is 0.242 e. The highest BCUT2D eigenvalue weighted by Gasteiger charge is 2.17. The van der Waals surface area contributed by atoms with Crippen LogP contribution in [0.15, 0.2) is 17.5 Å². The lowest BCUT2D eigenvalue weighted by Crippen LogP contribution is -2.45. The van der Waals surface area contributed by atoms with E-state index in [4.69, 9.17) is 4.74 Å². The Labute approximate surface area is 110 Å². The van der Waals surface area contributed by atoms with Gasteiger partial charge in [-0.25, -0.2) is 0 Å². The number of nitrogens with zero attached hydrogens (tertiary/aromatic N) is 1. The topological polar surface area (TPSA) is 58.6 Å². The fourth-order valence-electron chi connectivity index (χ4n) is 1.73. The fourth-order valence-corrected chi connectivity index (χ4v) is 2.44. The van der Waals surface area contributed by atoms with E-state index < -0.39 is 0 Å². The Bertz CT molecular complexity index is 399. The van der Waals surface area contributed by atoms with E-state index in [1.165, 1.54) is 0 Å². The number of carbonyl (C=O) groups is 2. The molecular formula is C12H16N2O3S. The van der Waals surface area contributed by atoms with Gasteiger partial charge in [-0.1, -0.05) is 6.07 Å². The molecule has 0 saturated carbocycles. The SMILES string of the molecule is O=C(Cc1cccs1)NCC(=O)N1CCOCC1. The van der Waals surface area contributed by atoms with E-state index in [2.05, 4.69) is 5.32 Å². The molecule has 2 amide bonds. The number of ether oxygens (including phenoxy) is 1. The summed E-state index contributed by atoms with van der Waals surface area (Å²) in [6.07, 6.45) is 0.341. The standard InChI is InChI=1S/C12H16N2O3S/c15-11(8-10-2-1-7-18-10)13-9-12(16)14-3-5-17-6-4-14/h1-2,7H,3-6,8-9H2,(H,13,15). The van der Waals surface area contributed by atoms with Gasteiger partial charge in [0.25, 0.3) is 0 Å². The summed E-state index contributed by atoms with van der Waals surface area (Å²) < 4.78 is 5.17. The van der Waals surface area contributed by atoms with Crippen molar-refractivity contribution in [3.05, 3.63) is 22.4 Å². The molecule has 0 bridgehead atoms. The van der Waals surface area contributed by atoms with Gasteiger partial charge in [0.15, 0.2) is 0 Å². The molecule has 0 unspecified atom stereocenters. The van der Waals surface area contributed by atoms with Crippen LogP contribution in [-0.4, -0.2) is 49.6 Å². The Morgan fingerprint density at radius 3 is 2.83 bits per heavy atom. The first-order valence-electron chi connectivity index (χ1n) is 5.90. The Morgan fingerprint density at radius 2 is 2.17 bits per heavy atom. The summed E-state index contributed by atoms with van der Waals surface area (Å²) in [5.41, 5.74) is 0. The highest BCUT2D eigenvalue weighted by Crippen LogP contribution is 2.08. The largest absolute Gasteiger partial charge is 0.378 e. The molecule has 0 aromatic carbocycles. The summed E-state index contributed by atoms with van der Waals surface area (Å²) in [4.78, 5) is 26.1. The summed E-state index contributed by atoms with van der Waals surface area (Å²) in [5.74, 6) is -0.156. The first-order valence-corrected chi connectivity index (χ1v) is 6.78. The van der Waals surface area contributed by atoms with E-state index in [0.717, 1.165) is 4.88 Å². The second-order valence-electron chi connectivity index (χ2n) is 4.03. The van der Waals surface area contributed by atoms with E-state index in [1.54, 1.807) is 16.2 Å². The molecule has 1 N–H and O–H groups in total. The van der Waals surface area contributed by atoms with Gasteiger partial charge in [-0.05, 0) is 11.4 Å². The van der Waals surface area contributed by atoms with Gasteiger partial charge in [0.05, 0.1) is 26.2 Å². The van der Waals surface area contributed by atoms with Crippen LogP contribution in [0.4, 0.5) is 0 Å². The van der Waals surface area contributed by atoms with Crippen LogP contribution in [0.1, 0.15) is 4.88 Å². The van der Waals surface area contributed by atoms with Gasteiger partial charge >= 0.3 is 0 Å². The molecule has 5 nitrogen and oxygen atoms in total. The maximum Gasteiger partial charge on any atom is 0.242 e. The highest BCUT2D eigenvalue weighted by atomic mass is 32.1. The van der Waals surface area contributed by atoms with Crippen molar-refractivity contribution < 1.29 is 14.3 Å². The van der Waals surface area contributed by atoms with E-state index >= 15 is 0 Å². The van der Waals surface area contributed by atoms with Crippen LogP contribution in [0, 0.1) is 0 Å². The molecule has 0 radical (unpaired) electrons. The van der Waals surface area contributed by atoms with Gasteiger partial charge in [-0.3, -0.25) is 9.59 Å². The van der Waals surface area contributed by atoms with Gasteiger partial charge < -0.3 is 15.0 Å². The minimum absolute atomic E-state index is 0.0437. The maximum atomic E-state index is 11.8. The highest BCUT2D eigenvalue weighted by molar-refractivity contribution is 7.10. The average molecular weight is 268 g/mol. The van der Waals surface area contributed by atoms with Crippen molar-refractivity contribution in [2.24, 2.45) is 0 Å². The molecular weight excluding hydrogens is 252 g/mol. The number of hydrogen-bond donors (Lipinski definition) is 1. The Kier molecular flexibility index (Phi) is 4.72. The van der Waals surface area contributed by atoms with Crippen molar-refractivity contribution in [3.8, 4) is 0 Å². The van der Waals surface area contributed by atoms with E-state index in [-0.39, 0.29) is 18.4 Å². The molecule has 6 heteroatoms. The molecule has 0 spiro atoms. The first-order chi connectivity index (χ1) is 8.75. The number of carbonyl (C=O) groups excluding carboxylic acids is 2. The van der Waals surface area contributed by atoms with Crippen molar-refractivity contribution in [2.75, 3.05) is 32.8 Å². The third-order valence-corrected chi connectivity index (χ3v) is 3.59. The predicted molar refractivity (Wildman–Crippen MR) is 68.4 cm³/mol. The lowest BCUT2D eigenvalue weighted by molar-refractivity contribution is -0.136. The molecule has 1 aromatic heterocycles. The Hall–Kier alpha value is -1.40. The van der Waals surface area contributed by atoms with Crippen LogP contribution in [0.25, 0.3) is 0 Å². The number of nitrogens with one attached hydrogen (secondary N) is 1. The zero-order valence-electron chi connectivity index (χ0n) is 10.1. The molecule has 1 aromatic rings. The summed E-state index contributed by atoms with van der Waals surface area (Å²) in [5, 5.41) is 4.59. The number of hydrogen-bond acceptors (Lipinski definition) is 4. The van der Waals surface area contributed by atoms with E-state index in [9.17, 15) is 9.59 Å². The van der Waals surface area contributed by atoms with Crippen LogP contribution >= 0.6 is 11.3 Å². The summed E-state index contributed by atoms with van der Waals surface area (Å²) >= 11 is 1.54. The molecule has 1 aliphatic heterocycles. The van der Waals surface area contributed by atoms with Crippen molar-refractivity contribution in [1.29, 1.82) is 0 Å². The lowest BCUT2D eigenvalue weighted by Gasteiger charge is -2.26. The third-order valence-electron chi connectivity index (χ3n) is 2.72. The Balaban J connectivity index is 1.70. The lowest BCUT2D eigenvalue weighted by atomic mass is 10.3. The van der Waals surface area contributed by atoms with Gasteiger partial charge in [-0.2, -0.15) is 0 Å². The van der Waals surface area contributed by atoms with Crippen LogP contribution in [0.5, 0.6) is 0 Å². The molecule has 1 aliphatic rings. The fraction of sp³-hybridized carbons (Fsp3) is 0.500. The summed E-state index contributed by atoms with van der Waals surface area (Å²) in [7, 11) is 0. The monoisotopic (exact) mass is 268 g/mol. The molecule has 2 heterocycles. The molecule has 0 aliphatic carbocycles. The third kappa shape index (κ3) is 3.82. The number of thiophene rings is 1. The number of rotatable bonds is 4. The van der Waals surface area contributed by atoms with Gasteiger partial charge in [0.1, 0.15) is 0 Å². The van der Waals surface area contributed by atoms with Crippen LogP contribution < -0.4 is 5.32 Å². The van der Waals surface area contributed by atoms with Crippen LogP contribution in [-0.2, 0) is 20.7 Å². The Morgan fingerprint density at radius 1 is 1.39 bits per heavy atom. The second kappa shape index (κ2) is 6.51. The number of amides is 2. The van der Waals surface area contributed by atoms with Crippen molar-refractivity contribution in [3.63, 3.8) is 0 Å². The number of morpholine rings is 1. The minimum atomic E-state index is -0.112. The van der Waals surface area contributed by atoms with E-state index in [0.29, 0.717) is 32.7 Å². The van der Waals surface area contributed by atoms with Crippen LogP contribution in [0.2, 0.25) is 0 Å². The van der Waals surface area contributed by atoms with Crippen LogP contribution in [0.3, 0.4) is 0 Å². The second-order valence-corrected chi connectivity index (χ2v) is 5.06. The van der Waals surface area contributed by atoms with Crippen molar-refractivity contribution >= 4 is 23.2 Å². The average Bonchev–Trinajstić information content (AvgIpc) is 2.90. The van der Waals surface area contributed by atoms with Gasteiger partial charge in [0, 0.05) is 18.0 Å². The zero-order chi connectivity index (χ0) is 12.8. The normalized spacial score (nSPS) is 15.4. The van der Waals surface area contributed by atoms with Gasteiger partial charge in [0.2, 0.25) is 11.8 Å².